The summed E-state index contributed by atoms with van der Waals surface area (Å²) >= 11 is 13.2. The van der Waals surface area contributed by atoms with Crippen LogP contribution in [0.2, 0.25) is 10.0 Å². The maximum Gasteiger partial charge on any atom is 0.321 e. The molecule has 0 aliphatic heterocycles. The first-order valence-corrected chi connectivity index (χ1v) is 8.15. The molecule has 0 atom stereocenters. The van der Waals surface area contributed by atoms with Crippen molar-refractivity contribution < 1.29 is 4.79 Å². The third-order valence-corrected chi connectivity index (χ3v) is 4.23. The summed E-state index contributed by atoms with van der Waals surface area (Å²) < 4.78 is 0. The van der Waals surface area contributed by atoms with Crippen molar-refractivity contribution in [3.8, 4) is 0 Å². The van der Waals surface area contributed by atoms with Crippen LogP contribution in [0.4, 0.5) is 9.93 Å². The molecule has 118 valence electrons. The number of benzene rings is 1. The van der Waals surface area contributed by atoms with Crippen LogP contribution < -0.4 is 10.6 Å². The topological polar surface area (TPSA) is 57.3 Å². The quantitative estimate of drug-likeness (QED) is 0.853. The number of rotatable bonds is 5. The molecule has 8 heteroatoms. The molecule has 0 fully saturated rings. The lowest BCUT2D eigenvalue weighted by Crippen LogP contribution is -2.28. The van der Waals surface area contributed by atoms with Gasteiger partial charge in [0, 0.05) is 18.5 Å². The molecule has 1 aromatic carbocycles. The van der Waals surface area contributed by atoms with Crippen LogP contribution in [0.5, 0.6) is 0 Å². The zero-order valence-electron chi connectivity index (χ0n) is 12.2. The fourth-order valence-electron chi connectivity index (χ4n) is 1.73. The van der Waals surface area contributed by atoms with Gasteiger partial charge in [0.25, 0.3) is 0 Å². The summed E-state index contributed by atoms with van der Waals surface area (Å²) in [6.07, 6.45) is 0. The highest BCUT2D eigenvalue weighted by molar-refractivity contribution is 7.13. The summed E-state index contributed by atoms with van der Waals surface area (Å²) in [6.45, 7) is 1.10. The largest absolute Gasteiger partial charge is 0.334 e. The molecule has 0 saturated carbocycles. The van der Waals surface area contributed by atoms with Crippen LogP contribution >= 0.6 is 34.5 Å². The van der Waals surface area contributed by atoms with Crippen molar-refractivity contribution in [3.05, 3.63) is 44.9 Å². The molecule has 0 saturated heterocycles. The van der Waals surface area contributed by atoms with Crippen LogP contribution in [0.1, 0.15) is 11.3 Å². The highest BCUT2D eigenvalue weighted by Gasteiger charge is 2.07. The van der Waals surface area contributed by atoms with Gasteiger partial charge in [-0.3, -0.25) is 5.32 Å². The Kier molecular flexibility index (Phi) is 6.02. The molecular weight excluding hydrogens is 343 g/mol. The SMILES string of the molecule is CN(C)Cc1csc(NC(=O)NCc2ccc(Cl)c(Cl)c2)n1. The van der Waals surface area contributed by atoms with Gasteiger partial charge in [-0.15, -0.1) is 11.3 Å². The summed E-state index contributed by atoms with van der Waals surface area (Å²) in [6, 6.07) is 4.93. The Labute approximate surface area is 143 Å². The average molecular weight is 359 g/mol. The van der Waals surface area contributed by atoms with Gasteiger partial charge in [-0.25, -0.2) is 9.78 Å². The first kappa shape index (κ1) is 17.0. The predicted octanol–water partition coefficient (Wildman–Crippen LogP) is 3.83. The molecule has 2 N–H and O–H groups in total. The third-order valence-electron chi connectivity index (χ3n) is 2.69. The summed E-state index contributed by atoms with van der Waals surface area (Å²) in [5, 5.41) is 8.92. The molecule has 0 unspecified atom stereocenters. The Morgan fingerprint density at radius 3 is 2.77 bits per heavy atom. The summed E-state index contributed by atoms with van der Waals surface area (Å²) in [7, 11) is 3.94. The second-order valence-corrected chi connectivity index (χ2v) is 6.61. The Morgan fingerprint density at radius 1 is 1.32 bits per heavy atom. The smallest absolute Gasteiger partial charge is 0.321 e. The zero-order valence-corrected chi connectivity index (χ0v) is 14.5. The molecule has 2 amide bonds. The number of urea groups is 1. The Hall–Kier alpha value is -1.34. The average Bonchev–Trinajstić information content (AvgIpc) is 2.86. The Morgan fingerprint density at radius 2 is 2.09 bits per heavy atom. The third kappa shape index (κ3) is 5.14. The van der Waals surface area contributed by atoms with Gasteiger partial charge in [-0.1, -0.05) is 29.3 Å². The number of aromatic nitrogens is 1. The van der Waals surface area contributed by atoms with E-state index in [0.29, 0.717) is 21.7 Å². The molecule has 0 bridgehead atoms. The number of carbonyl (C=O) groups is 1. The van der Waals surface area contributed by atoms with E-state index < -0.39 is 0 Å². The van der Waals surface area contributed by atoms with E-state index in [1.54, 1.807) is 12.1 Å². The number of hydrogen-bond donors (Lipinski definition) is 2. The molecule has 2 rings (SSSR count). The monoisotopic (exact) mass is 358 g/mol. The minimum Gasteiger partial charge on any atom is -0.334 e. The van der Waals surface area contributed by atoms with Crippen molar-refractivity contribution >= 4 is 45.7 Å². The molecule has 5 nitrogen and oxygen atoms in total. The first-order chi connectivity index (χ1) is 10.4. The van der Waals surface area contributed by atoms with Crippen LogP contribution in [0.15, 0.2) is 23.6 Å². The summed E-state index contributed by atoms with van der Waals surface area (Å²) in [4.78, 5) is 18.2. The highest BCUT2D eigenvalue weighted by Crippen LogP contribution is 2.22. The first-order valence-electron chi connectivity index (χ1n) is 6.52. The number of amides is 2. The van der Waals surface area contributed by atoms with Crippen LogP contribution in [0.3, 0.4) is 0 Å². The van der Waals surface area contributed by atoms with E-state index in [0.717, 1.165) is 17.8 Å². The number of thiazole rings is 1. The minimum atomic E-state index is -0.308. The molecule has 1 heterocycles. The Balaban J connectivity index is 1.84. The van der Waals surface area contributed by atoms with Crippen LogP contribution in [0, 0.1) is 0 Å². The van der Waals surface area contributed by atoms with Crippen molar-refractivity contribution in [2.75, 3.05) is 19.4 Å². The fraction of sp³-hybridized carbons (Fsp3) is 0.286. The van der Waals surface area contributed by atoms with E-state index >= 15 is 0 Å². The van der Waals surface area contributed by atoms with Gasteiger partial charge in [-0.2, -0.15) is 0 Å². The van der Waals surface area contributed by atoms with E-state index in [1.165, 1.54) is 11.3 Å². The molecule has 0 spiro atoms. The van der Waals surface area contributed by atoms with E-state index in [1.807, 2.05) is 30.4 Å². The van der Waals surface area contributed by atoms with E-state index in [-0.39, 0.29) is 6.03 Å². The molecule has 0 radical (unpaired) electrons. The summed E-state index contributed by atoms with van der Waals surface area (Å²) in [5.41, 5.74) is 1.80. The number of nitrogens with one attached hydrogen (secondary N) is 2. The van der Waals surface area contributed by atoms with E-state index in [4.69, 9.17) is 23.2 Å². The lowest BCUT2D eigenvalue weighted by Gasteiger charge is -2.07. The predicted molar refractivity (Wildman–Crippen MR) is 91.8 cm³/mol. The number of halogens is 2. The fourth-order valence-corrected chi connectivity index (χ4v) is 2.75. The molecule has 2 aromatic rings. The number of hydrogen-bond acceptors (Lipinski definition) is 4. The number of nitrogens with zero attached hydrogens (tertiary/aromatic N) is 2. The highest BCUT2D eigenvalue weighted by atomic mass is 35.5. The minimum absolute atomic E-state index is 0.308. The second kappa shape index (κ2) is 7.78. The van der Waals surface area contributed by atoms with Gasteiger partial charge in [0.05, 0.1) is 15.7 Å². The Bertz CT molecular complexity index is 660. The van der Waals surface area contributed by atoms with Crippen molar-refractivity contribution in [1.82, 2.24) is 15.2 Å². The number of carbonyl (C=O) groups excluding carboxylic acids is 1. The van der Waals surface area contributed by atoms with Gasteiger partial charge in [0.1, 0.15) is 0 Å². The van der Waals surface area contributed by atoms with Crippen molar-refractivity contribution in [1.29, 1.82) is 0 Å². The standard InChI is InChI=1S/C14H16Cl2N4OS/c1-20(2)7-10-8-22-14(18-10)19-13(21)17-6-9-3-4-11(15)12(16)5-9/h3-5,8H,6-7H2,1-2H3,(H2,17,18,19,21). The van der Waals surface area contributed by atoms with Gasteiger partial charge in [-0.05, 0) is 31.8 Å². The molecule has 0 aliphatic rings. The van der Waals surface area contributed by atoms with E-state index in [2.05, 4.69) is 15.6 Å². The number of anilines is 1. The molecular formula is C14H16Cl2N4OS. The lowest BCUT2D eigenvalue weighted by atomic mass is 10.2. The van der Waals surface area contributed by atoms with Gasteiger partial charge >= 0.3 is 6.03 Å². The normalized spacial score (nSPS) is 10.8. The van der Waals surface area contributed by atoms with Gasteiger partial charge < -0.3 is 10.2 Å². The van der Waals surface area contributed by atoms with Crippen molar-refractivity contribution in [2.24, 2.45) is 0 Å². The summed E-state index contributed by atoms with van der Waals surface area (Å²) in [5.74, 6) is 0. The maximum atomic E-state index is 11.8. The molecule has 1 aromatic heterocycles. The van der Waals surface area contributed by atoms with Gasteiger partial charge in [0.15, 0.2) is 5.13 Å². The zero-order chi connectivity index (χ0) is 16.1. The maximum absolute atomic E-state index is 11.8. The van der Waals surface area contributed by atoms with Crippen molar-refractivity contribution in [2.45, 2.75) is 13.1 Å². The van der Waals surface area contributed by atoms with Gasteiger partial charge in [0.2, 0.25) is 0 Å². The van der Waals surface area contributed by atoms with Crippen molar-refractivity contribution in [3.63, 3.8) is 0 Å². The van der Waals surface area contributed by atoms with Crippen LogP contribution in [-0.2, 0) is 13.1 Å². The molecule has 22 heavy (non-hydrogen) atoms. The lowest BCUT2D eigenvalue weighted by molar-refractivity contribution is 0.251. The van der Waals surface area contributed by atoms with E-state index in [9.17, 15) is 4.79 Å². The van der Waals surface area contributed by atoms with Crippen LogP contribution in [-0.4, -0.2) is 30.0 Å². The molecule has 0 aliphatic carbocycles. The second-order valence-electron chi connectivity index (χ2n) is 4.94. The van der Waals surface area contributed by atoms with Crippen LogP contribution in [0.25, 0.3) is 0 Å².